The molecule has 1 heterocycles. The molecule has 0 radical (unpaired) electrons. The van der Waals surface area contributed by atoms with E-state index in [1.807, 2.05) is 35.2 Å². The number of hydrogen-bond acceptors (Lipinski definition) is 3. The van der Waals surface area contributed by atoms with Crippen molar-refractivity contribution in [1.82, 2.24) is 10.2 Å². The van der Waals surface area contributed by atoms with Gasteiger partial charge in [-0.2, -0.15) is 0 Å². The molecule has 1 atom stereocenters. The quantitative estimate of drug-likeness (QED) is 0.694. The summed E-state index contributed by atoms with van der Waals surface area (Å²) in [4.78, 5) is 26.2. The molecule has 0 aliphatic carbocycles. The Bertz CT molecular complexity index is 830. The van der Waals surface area contributed by atoms with E-state index in [4.69, 9.17) is 27.9 Å². The number of carbonyl (C=O) groups excluding carboxylic acids is 2. The minimum atomic E-state index is -0.249. The number of ether oxygens (including phenoxy) is 1. The molecule has 0 spiro atoms. The fraction of sp³-hybridized carbons (Fsp3) is 0.333. The van der Waals surface area contributed by atoms with Gasteiger partial charge in [0.1, 0.15) is 5.75 Å². The molecule has 1 aliphatic heterocycles. The highest BCUT2D eigenvalue weighted by atomic mass is 35.5. The predicted molar refractivity (Wildman–Crippen MR) is 110 cm³/mol. The Kier molecular flexibility index (Phi) is 7.18. The SMILES string of the molecule is O=C(CCOc1ccc(Cl)c(Cl)c1)NC(CN1CCCC1=O)c1ccccc1. The summed E-state index contributed by atoms with van der Waals surface area (Å²) in [6.45, 7) is 1.43. The van der Waals surface area contributed by atoms with Crippen LogP contribution in [0, 0.1) is 0 Å². The Balaban J connectivity index is 1.56. The van der Waals surface area contributed by atoms with Crippen LogP contribution in [0.3, 0.4) is 0 Å². The van der Waals surface area contributed by atoms with Gasteiger partial charge in [-0.1, -0.05) is 53.5 Å². The number of likely N-dealkylation sites (tertiary alicyclic amines) is 1. The second-order valence-electron chi connectivity index (χ2n) is 6.65. The minimum absolute atomic E-state index is 0.137. The maximum absolute atomic E-state index is 12.5. The minimum Gasteiger partial charge on any atom is -0.493 e. The van der Waals surface area contributed by atoms with Gasteiger partial charge in [-0.3, -0.25) is 9.59 Å². The van der Waals surface area contributed by atoms with E-state index in [0.29, 0.717) is 28.8 Å². The van der Waals surface area contributed by atoms with Gasteiger partial charge >= 0.3 is 0 Å². The molecule has 1 unspecified atom stereocenters. The molecule has 3 rings (SSSR count). The number of nitrogens with zero attached hydrogens (tertiary/aromatic N) is 1. The number of hydrogen-bond donors (Lipinski definition) is 1. The Morgan fingerprint density at radius 1 is 1.14 bits per heavy atom. The smallest absolute Gasteiger partial charge is 0.223 e. The third-order valence-corrected chi connectivity index (χ3v) is 5.34. The highest BCUT2D eigenvalue weighted by molar-refractivity contribution is 6.42. The van der Waals surface area contributed by atoms with Crippen molar-refractivity contribution < 1.29 is 14.3 Å². The molecule has 0 saturated carbocycles. The number of nitrogens with one attached hydrogen (secondary N) is 1. The zero-order chi connectivity index (χ0) is 19.9. The molecule has 2 amide bonds. The lowest BCUT2D eigenvalue weighted by Crippen LogP contribution is -2.39. The van der Waals surface area contributed by atoms with E-state index in [0.717, 1.165) is 18.5 Å². The summed E-state index contributed by atoms with van der Waals surface area (Å²) in [5, 5.41) is 3.89. The van der Waals surface area contributed by atoms with Crippen LogP contribution in [-0.2, 0) is 9.59 Å². The largest absolute Gasteiger partial charge is 0.493 e. The predicted octanol–water partition coefficient (Wildman–Crippen LogP) is 4.24. The van der Waals surface area contributed by atoms with Crippen molar-refractivity contribution in [2.24, 2.45) is 0 Å². The fourth-order valence-electron chi connectivity index (χ4n) is 3.13. The Hall–Kier alpha value is -2.24. The second-order valence-corrected chi connectivity index (χ2v) is 7.46. The van der Waals surface area contributed by atoms with Gasteiger partial charge in [0, 0.05) is 25.6 Å². The van der Waals surface area contributed by atoms with E-state index in [1.54, 1.807) is 18.2 Å². The molecule has 2 aromatic rings. The lowest BCUT2D eigenvalue weighted by atomic mass is 10.1. The van der Waals surface area contributed by atoms with Crippen molar-refractivity contribution in [3.8, 4) is 5.75 Å². The molecular formula is C21H22Cl2N2O3. The van der Waals surface area contributed by atoms with Crippen LogP contribution in [0.1, 0.15) is 30.9 Å². The van der Waals surface area contributed by atoms with E-state index in [1.165, 1.54) is 0 Å². The Morgan fingerprint density at radius 3 is 2.61 bits per heavy atom. The molecule has 28 heavy (non-hydrogen) atoms. The first-order valence-corrected chi connectivity index (χ1v) is 9.98. The van der Waals surface area contributed by atoms with Crippen molar-refractivity contribution in [3.63, 3.8) is 0 Å². The molecule has 5 nitrogen and oxygen atoms in total. The molecular weight excluding hydrogens is 399 g/mol. The van der Waals surface area contributed by atoms with E-state index in [9.17, 15) is 9.59 Å². The molecule has 0 bridgehead atoms. The average molecular weight is 421 g/mol. The van der Waals surface area contributed by atoms with Crippen LogP contribution < -0.4 is 10.1 Å². The lowest BCUT2D eigenvalue weighted by Gasteiger charge is -2.25. The zero-order valence-corrected chi connectivity index (χ0v) is 16.9. The van der Waals surface area contributed by atoms with Gasteiger partial charge < -0.3 is 15.0 Å². The lowest BCUT2D eigenvalue weighted by molar-refractivity contribution is -0.129. The summed E-state index contributed by atoms with van der Waals surface area (Å²) in [5.41, 5.74) is 0.973. The summed E-state index contributed by atoms with van der Waals surface area (Å²) in [6, 6.07) is 14.4. The third kappa shape index (κ3) is 5.63. The number of amides is 2. The number of carbonyl (C=O) groups is 2. The molecule has 1 N–H and O–H groups in total. The zero-order valence-electron chi connectivity index (χ0n) is 15.4. The van der Waals surface area contributed by atoms with Crippen LogP contribution in [0.2, 0.25) is 10.0 Å². The van der Waals surface area contributed by atoms with Gasteiger partial charge in [-0.05, 0) is 24.1 Å². The number of halogens is 2. The van der Waals surface area contributed by atoms with Crippen LogP contribution in [-0.4, -0.2) is 36.4 Å². The highest BCUT2D eigenvalue weighted by Crippen LogP contribution is 2.26. The van der Waals surface area contributed by atoms with Crippen molar-refractivity contribution in [1.29, 1.82) is 0 Å². The maximum atomic E-state index is 12.5. The van der Waals surface area contributed by atoms with Gasteiger partial charge in [0.15, 0.2) is 0 Å². The van der Waals surface area contributed by atoms with Crippen LogP contribution in [0.4, 0.5) is 0 Å². The fourth-order valence-corrected chi connectivity index (χ4v) is 3.42. The van der Waals surface area contributed by atoms with Gasteiger partial charge in [0.25, 0.3) is 0 Å². The van der Waals surface area contributed by atoms with Gasteiger partial charge in [0.2, 0.25) is 11.8 Å². The van der Waals surface area contributed by atoms with Gasteiger partial charge in [-0.25, -0.2) is 0 Å². The summed E-state index contributed by atoms with van der Waals surface area (Å²) in [6.07, 6.45) is 1.64. The normalized spacial score (nSPS) is 14.8. The second kappa shape index (κ2) is 9.80. The van der Waals surface area contributed by atoms with E-state index in [-0.39, 0.29) is 30.9 Å². The van der Waals surface area contributed by atoms with Crippen LogP contribution in [0.5, 0.6) is 5.75 Å². The van der Waals surface area contributed by atoms with Crippen LogP contribution >= 0.6 is 23.2 Å². The summed E-state index contributed by atoms with van der Waals surface area (Å²) < 4.78 is 5.58. The third-order valence-electron chi connectivity index (χ3n) is 4.60. The van der Waals surface area contributed by atoms with E-state index >= 15 is 0 Å². The van der Waals surface area contributed by atoms with Crippen molar-refractivity contribution in [2.45, 2.75) is 25.3 Å². The standard InChI is InChI=1S/C21H22Cl2N2O3/c22-17-9-8-16(13-18(17)23)28-12-10-20(26)24-19(15-5-2-1-3-6-15)14-25-11-4-7-21(25)27/h1-3,5-6,8-9,13,19H,4,7,10-12,14H2,(H,24,26). The van der Waals surface area contributed by atoms with Gasteiger partial charge in [-0.15, -0.1) is 0 Å². The Labute approximate surface area is 174 Å². The van der Waals surface area contributed by atoms with E-state index in [2.05, 4.69) is 5.32 Å². The molecule has 1 saturated heterocycles. The molecule has 2 aromatic carbocycles. The van der Waals surface area contributed by atoms with E-state index < -0.39 is 0 Å². The summed E-state index contributed by atoms with van der Waals surface area (Å²) >= 11 is 11.8. The number of rotatable bonds is 8. The van der Waals surface area contributed by atoms with Crippen molar-refractivity contribution >= 4 is 35.0 Å². The Morgan fingerprint density at radius 2 is 1.93 bits per heavy atom. The van der Waals surface area contributed by atoms with Crippen LogP contribution in [0.25, 0.3) is 0 Å². The molecule has 1 aliphatic rings. The maximum Gasteiger partial charge on any atom is 0.223 e. The average Bonchev–Trinajstić information content (AvgIpc) is 3.09. The van der Waals surface area contributed by atoms with Crippen molar-refractivity contribution in [3.05, 3.63) is 64.1 Å². The first kappa shape index (κ1) is 20.5. The molecule has 148 valence electrons. The first-order valence-electron chi connectivity index (χ1n) is 9.23. The molecule has 7 heteroatoms. The monoisotopic (exact) mass is 420 g/mol. The van der Waals surface area contributed by atoms with Gasteiger partial charge in [0.05, 0.1) is 29.1 Å². The van der Waals surface area contributed by atoms with Crippen molar-refractivity contribution in [2.75, 3.05) is 19.7 Å². The first-order chi connectivity index (χ1) is 13.5. The van der Waals surface area contributed by atoms with Crippen LogP contribution in [0.15, 0.2) is 48.5 Å². The number of benzene rings is 2. The highest BCUT2D eigenvalue weighted by Gasteiger charge is 2.25. The molecule has 1 fully saturated rings. The molecule has 0 aromatic heterocycles. The summed E-state index contributed by atoms with van der Waals surface area (Å²) in [7, 11) is 0. The topological polar surface area (TPSA) is 58.6 Å². The summed E-state index contributed by atoms with van der Waals surface area (Å²) in [5.74, 6) is 0.558.